The minimum absolute atomic E-state index is 0.0162. The standard InChI is InChI=1S/C12H18N2O/c1-2-8-3-9-11(5-10(15)14-7-11)6-12(9,13)4-8/h3,9H,2,4-7,13H2,1H3,(H,14,15)/t9-,11-,12-/m0/s1. The second-order valence-electron chi connectivity index (χ2n) is 5.56. The Balaban J connectivity index is 1.87. The van der Waals surface area contributed by atoms with Crippen molar-refractivity contribution in [3.63, 3.8) is 0 Å². The first-order valence-corrected chi connectivity index (χ1v) is 5.83. The molecule has 2 fully saturated rings. The minimum Gasteiger partial charge on any atom is -0.355 e. The molecule has 3 heteroatoms. The Kier molecular flexibility index (Phi) is 1.66. The van der Waals surface area contributed by atoms with E-state index in [-0.39, 0.29) is 16.9 Å². The van der Waals surface area contributed by atoms with Crippen LogP contribution in [0.5, 0.6) is 0 Å². The molecule has 1 amide bonds. The zero-order valence-electron chi connectivity index (χ0n) is 9.18. The number of hydrogen-bond acceptors (Lipinski definition) is 2. The molecule has 1 spiro atoms. The predicted octanol–water partition coefficient (Wildman–Crippen LogP) is 0.950. The van der Waals surface area contributed by atoms with Crippen LogP contribution in [0.3, 0.4) is 0 Å². The van der Waals surface area contributed by atoms with Crippen LogP contribution in [0.15, 0.2) is 11.6 Å². The van der Waals surface area contributed by atoms with Gasteiger partial charge in [0.1, 0.15) is 0 Å². The Labute approximate surface area is 90.1 Å². The smallest absolute Gasteiger partial charge is 0.220 e. The molecule has 3 N–H and O–H groups in total. The predicted molar refractivity (Wildman–Crippen MR) is 58.1 cm³/mol. The number of carbonyl (C=O) groups is 1. The van der Waals surface area contributed by atoms with Crippen molar-refractivity contribution in [3.05, 3.63) is 11.6 Å². The minimum atomic E-state index is -0.0162. The van der Waals surface area contributed by atoms with Gasteiger partial charge < -0.3 is 11.1 Å². The SMILES string of the molecule is CCC1=C[C@@H]2[C@](N)(C1)C[C@@]21CNC(=O)C1. The lowest BCUT2D eigenvalue weighted by Gasteiger charge is -2.56. The summed E-state index contributed by atoms with van der Waals surface area (Å²) in [6.07, 6.45) is 6.20. The Bertz CT molecular complexity index is 363. The molecule has 3 aliphatic rings. The van der Waals surface area contributed by atoms with E-state index in [9.17, 15) is 4.79 Å². The molecule has 0 unspecified atom stereocenters. The third-order valence-corrected chi connectivity index (χ3v) is 4.52. The van der Waals surface area contributed by atoms with Crippen molar-refractivity contribution in [1.82, 2.24) is 5.32 Å². The van der Waals surface area contributed by atoms with E-state index < -0.39 is 0 Å². The van der Waals surface area contributed by atoms with E-state index in [1.807, 2.05) is 0 Å². The van der Waals surface area contributed by atoms with Gasteiger partial charge in [-0.2, -0.15) is 0 Å². The summed E-state index contributed by atoms with van der Waals surface area (Å²) in [6, 6.07) is 0. The number of amides is 1. The van der Waals surface area contributed by atoms with E-state index in [2.05, 4.69) is 18.3 Å². The van der Waals surface area contributed by atoms with E-state index in [0.29, 0.717) is 12.3 Å². The van der Waals surface area contributed by atoms with Gasteiger partial charge in [0.2, 0.25) is 5.91 Å². The summed E-state index contributed by atoms with van der Waals surface area (Å²) in [5, 5.41) is 2.95. The van der Waals surface area contributed by atoms with Crippen molar-refractivity contribution in [2.75, 3.05) is 6.54 Å². The quantitative estimate of drug-likeness (QED) is 0.628. The van der Waals surface area contributed by atoms with Gasteiger partial charge in [-0.1, -0.05) is 18.6 Å². The number of hydrogen-bond donors (Lipinski definition) is 2. The van der Waals surface area contributed by atoms with Crippen molar-refractivity contribution in [3.8, 4) is 0 Å². The highest BCUT2D eigenvalue weighted by molar-refractivity contribution is 5.80. The van der Waals surface area contributed by atoms with E-state index in [1.54, 1.807) is 0 Å². The van der Waals surface area contributed by atoms with Crippen molar-refractivity contribution in [2.45, 2.75) is 38.1 Å². The van der Waals surface area contributed by atoms with Crippen LogP contribution in [0.2, 0.25) is 0 Å². The third kappa shape index (κ3) is 1.07. The zero-order valence-corrected chi connectivity index (χ0v) is 9.18. The summed E-state index contributed by atoms with van der Waals surface area (Å²) in [6.45, 7) is 3.02. The molecule has 0 radical (unpaired) electrons. The lowest BCUT2D eigenvalue weighted by atomic mass is 9.50. The molecule has 2 aliphatic carbocycles. The van der Waals surface area contributed by atoms with Gasteiger partial charge in [0, 0.05) is 29.8 Å². The topological polar surface area (TPSA) is 55.1 Å². The van der Waals surface area contributed by atoms with Gasteiger partial charge in [-0.25, -0.2) is 0 Å². The number of fused-ring (bicyclic) bond motifs is 2. The molecule has 1 aliphatic heterocycles. The molecule has 1 heterocycles. The Morgan fingerprint density at radius 1 is 1.60 bits per heavy atom. The van der Waals surface area contributed by atoms with Gasteiger partial charge in [0.25, 0.3) is 0 Å². The molecule has 82 valence electrons. The zero-order chi connectivity index (χ0) is 10.7. The van der Waals surface area contributed by atoms with Crippen molar-refractivity contribution >= 4 is 5.91 Å². The number of carbonyl (C=O) groups excluding carboxylic acids is 1. The van der Waals surface area contributed by atoms with Crippen LogP contribution in [0, 0.1) is 11.3 Å². The Morgan fingerprint density at radius 2 is 2.40 bits per heavy atom. The summed E-state index contributed by atoms with van der Waals surface area (Å²) >= 11 is 0. The first kappa shape index (κ1) is 9.40. The van der Waals surface area contributed by atoms with E-state index in [4.69, 9.17) is 5.73 Å². The highest BCUT2D eigenvalue weighted by Gasteiger charge is 2.64. The van der Waals surface area contributed by atoms with Crippen molar-refractivity contribution in [1.29, 1.82) is 0 Å². The second-order valence-corrected chi connectivity index (χ2v) is 5.56. The van der Waals surface area contributed by atoms with Crippen LogP contribution in [-0.2, 0) is 4.79 Å². The molecular weight excluding hydrogens is 188 g/mol. The van der Waals surface area contributed by atoms with Gasteiger partial charge in [0.15, 0.2) is 0 Å². The lowest BCUT2D eigenvalue weighted by molar-refractivity contribution is -0.121. The molecule has 0 aromatic rings. The van der Waals surface area contributed by atoms with Crippen LogP contribution >= 0.6 is 0 Å². The summed E-state index contributed by atoms with van der Waals surface area (Å²) in [4.78, 5) is 11.3. The van der Waals surface area contributed by atoms with Crippen LogP contribution in [0.25, 0.3) is 0 Å². The highest BCUT2D eigenvalue weighted by Crippen LogP contribution is 2.62. The molecule has 0 aromatic heterocycles. The monoisotopic (exact) mass is 206 g/mol. The van der Waals surface area contributed by atoms with Crippen molar-refractivity contribution < 1.29 is 4.79 Å². The van der Waals surface area contributed by atoms with E-state index >= 15 is 0 Å². The fraction of sp³-hybridized carbons (Fsp3) is 0.750. The number of nitrogens with two attached hydrogens (primary N) is 1. The molecule has 0 bridgehead atoms. The molecule has 15 heavy (non-hydrogen) atoms. The van der Waals surface area contributed by atoms with Crippen LogP contribution < -0.4 is 11.1 Å². The fourth-order valence-electron chi connectivity index (χ4n) is 3.89. The summed E-state index contributed by atoms with van der Waals surface area (Å²) in [5.74, 6) is 0.647. The largest absolute Gasteiger partial charge is 0.355 e. The molecule has 3 nitrogen and oxygen atoms in total. The summed E-state index contributed by atoms with van der Waals surface area (Å²) in [5.41, 5.74) is 8.02. The molecule has 1 saturated carbocycles. The first-order valence-electron chi connectivity index (χ1n) is 5.83. The highest BCUT2D eigenvalue weighted by atomic mass is 16.1. The lowest BCUT2D eigenvalue weighted by Crippen LogP contribution is -2.64. The molecule has 3 atom stereocenters. The van der Waals surface area contributed by atoms with Crippen LogP contribution in [0.4, 0.5) is 0 Å². The van der Waals surface area contributed by atoms with Gasteiger partial charge >= 0.3 is 0 Å². The van der Waals surface area contributed by atoms with E-state index in [0.717, 1.165) is 25.8 Å². The fourth-order valence-corrected chi connectivity index (χ4v) is 3.89. The molecule has 0 aromatic carbocycles. The Hall–Kier alpha value is -0.830. The average Bonchev–Trinajstić information content (AvgIpc) is 2.66. The van der Waals surface area contributed by atoms with Gasteiger partial charge in [0.05, 0.1) is 0 Å². The summed E-state index contributed by atoms with van der Waals surface area (Å²) in [7, 11) is 0. The van der Waals surface area contributed by atoms with Gasteiger partial charge in [-0.05, 0) is 19.3 Å². The molecule has 3 rings (SSSR count). The average molecular weight is 206 g/mol. The van der Waals surface area contributed by atoms with Gasteiger partial charge in [-0.3, -0.25) is 4.79 Å². The Morgan fingerprint density at radius 3 is 3.00 bits per heavy atom. The maximum absolute atomic E-state index is 11.3. The van der Waals surface area contributed by atoms with Crippen LogP contribution in [0.1, 0.15) is 32.6 Å². The summed E-state index contributed by atoms with van der Waals surface area (Å²) < 4.78 is 0. The second kappa shape index (κ2) is 2.64. The van der Waals surface area contributed by atoms with Gasteiger partial charge in [-0.15, -0.1) is 0 Å². The van der Waals surface area contributed by atoms with Crippen molar-refractivity contribution in [2.24, 2.45) is 17.1 Å². The number of rotatable bonds is 1. The maximum atomic E-state index is 11.3. The van der Waals surface area contributed by atoms with E-state index in [1.165, 1.54) is 5.57 Å². The normalized spacial score (nSPS) is 47.5. The van der Waals surface area contributed by atoms with Crippen LogP contribution in [-0.4, -0.2) is 18.0 Å². The first-order chi connectivity index (χ1) is 7.08. The molecular formula is C12H18N2O. The number of nitrogens with one attached hydrogen (secondary N) is 1. The molecule has 1 saturated heterocycles. The maximum Gasteiger partial charge on any atom is 0.220 e. The third-order valence-electron chi connectivity index (χ3n) is 4.52.